The van der Waals surface area contributed by atoms with Crippen LogP contribution >= 0.6 is 0 Å². The molecule has 0 spiro atoms. The zero-order chi connectivity index (χ0) is 13.9. The third kappa shape index (κ3) is 4.15. The minimum absolute atomic E-state index is 0.0789. The Labute approximate surface area is 102 Å². The van der Waals surface area contributed by atoms with Crippen LogP contribution in [0.2, 0.25) is 0 Å². The molecule has 4 nitrogen and oxygen atoms in total. The van der Waals surface area contributed by atoms with Crippen LogP contribution in [0, 0.1) is 0 Å². The van der Waals surface area contributed by atoms with Crippen molar-refractivity contribution < 1.29 is 22.7 Å². The van der Waals surface area contributed by atoms with Crippen molar-refractivity contribution in [3.63, 3.8) is 0 Å². The quantitative estimate of drug-likeness (QED) is 0.821. The number of nitrogens with two attached hydrogens (primary N) is 1. The molecule has 1 aromatic carbocycles. The fourth-order valence-electron chi connectivity index (χ4n) is 1.25. The largest absolute Gasteiger partial charge is 0.573 e. The van der Waals surface area contributed by atoms with Gasteiger partial charge in [0.05, 0.1) is 5.69 Å². The number of hydrogen-bond donors (Lipinski definition) is 2. The fraction of sp³-hybridized carbons (Fsp3) is 0.364. The molecule has 0 aliphatic heterocycles. The van der Waals surface area contributed by atoms with E-state index in [4.69, 9.17) is 5.73 Å². The Morgan fingerprint density at radius 2 is 2.00 bits per heavy atom. The minimum Gasteiger partial charge on any atom is -0.404 e. The van der Waals surface area contributed by atoms with Gasteiger partial charge < -0.3 is 15.8 Å². The maximum Gasteiger partial charge on any atom is 0.573 e. The molecule has 100 valence electrons. The van der Waals surface area contributed by atoms with E-state index in [1.54, 1.807) is 13.8 Å². The van der Waals surface area contributed by atoms with Crippen molar-refractivity contribution in [2.24, 2.45) is 0 Å². The number of benzene rings is 1. The van der Waals surface area contributed by atoms with E-state index in [2.05, 4.69) is 10.1 Å². The molecule has 0 atom stereocenters. The zero-order valence-electron chi connectivity index (χ0n) is 9.84. The van der Waals surface area contributed by atoms with Gasteiger partial charge in [0, 0.05) is 11.6 Å². The highest BCUT2D eigenvalue weighted by molar-refractivity contribution is 5.95. The van der Waals surface area contributed by atoms with Crippen LogP contribution in [0.1, 0.15) is 24.2 Å². The first-order chi connectivity index (χ1) is 8.19. The number of nitrogen functional groups attached to an aromatic ring is 1. The lowest BCUT2D eigenvalue weighted by Gasteiger charge is -2.13. The van der Waals surface area contributed by atoms with E-state index in [1.165, 1.54) is 6.07 Å². The molecule has 3 N–H and O–H groups in total. The Morgan fingerprint density at radius 3 is 2.44 bits per heavy atom. The lowest BCUT2D eigenvalue weighted by atomic mass is 10.1. The molecule has 0 aliphatic rings. The average Bonchev–Trinajstić information content (AvgIpc) is 2.18. The summed E-state index contributed by atoms with van der Waals surface area (Å²) in [6, 6.07) is 3.29. The molecule has 0 unspecified atom stereocenters. The highest BCUT2D eigenvalue weighted by Gasteiger charge is 2.32. The fourth-order valence-corrected chi connectivity index (χ4v) is 1.25. The molecule has 1 aromatic rings. The molecule has 0 fully saturated rings. The molecule has 0 bridgehead atoms. The molecule has 0 saturated carbocycles. The summed E-state index contributed by atoms with van der Waals surface area (Å²) in [5.74, 6) is -0.932. The molecular weight excluding hydrogens is 249 g/mol. The van der Waals surface area contributed by atoms with Crippen LogP contribution in [0.25, 0.3) is 0 Å². The maximum absolute atomic E-state index is 12.0. The van der Waals surface area contributed by atoms with Gasteiger partial charge in [-0.15, -0.1) is 13.2 Å². The van der Waals surface area contributed by atoms with E-state index in [0.717, 1.165) is 12.1 Å². The van der Waals surface area contributed by atoms with Crippen LogP contribution in [0.4, 0.5) is 18.9 Å². The van der Waals surface area contributed by atoms with Gasteiger partial charge >= 0.3 is 6.36 Å². The van der Waals surface area contributed by atoms with Gasteiger partial charge in [0.15, 0.2) is 5.75 Å². The van der Waals surface area contributed by atoms with Gasteiger partial charge in [-0.3, -0.25) is 4.79 Å². The number of nitrogens with one attached hydrogen (secondary N) is 1. The van der Waals surface area contributed by atoms with Crippen molar-refractivity contribution >= 4 is 11.6 Å². The molecular formula is C11H13F3N2O2. The molecule has 7 heteroatoms. The van der Waals surface area contributed by atoms with E-state index in [1.807, 2.05) is 0 Å². The lowest BCUT2D eigenvalue weighted by molar-refractivity contribution is -0.274. The van der Waals surface area contributed by atoms with Crippen LogP contribution in [0.5, 0.6) is 5.75 Å². The second-order valence-electron chi connectivity index (χ2n) is 3.93. The first kappa shape index (κ1) is 14.1. The number of carbonyl (C=O) groups is 1. The van der Waals surface area contributed by atoms with E-state index in [0.29, 0.717) is 0 Å². The average molecular weight is 262 g/mol. The van der Waals surface area contributed by atoms with Crippen LogP contribution in [0.3, 0.4) is 0 Å². The van der Waals surface area contributed by atoms with Crippen molar-refractivity contribution in [3.05, 3.63) is 23.8 Å². The zero-order valence-corrected chi connectivity index (χ0v) is 9.84. The second-order valence-corrected chi connectivity index (χ2v) is 3.93. The molecule has 0 aliphatic carbocycles. The van der Waals surface area contributed by atoms with E-state index >= 15 is 0 Å². The monoisotopic (exact) mass is 262 g/mol. The summed E-state index contributed by atoms with van der Waals surface area (Å²) in [5, 5.41) is 2.60. The summed E-state index contributed by atoms with van der Waals surface area (Å²) < 4.78 is 39.7. The number of halogens is 3. The van der Waals surface area contributed by atoms with Gasteiger partial charge in [0.1, 0.15) is 0 Å². The highest BCUT2D eigenvalue weighted by atomic mass is 19.4. The number of hydrogen-bond acceptors (Lipinski definition) is 3. The molecule has 1 amide bonds. The van der Waals surface area contributed by atoms with Gasteiger partial charge in [-0.1, -0.05) is 0 Å². The summed E-state index contributed by atoms with van der Waals surface area (Å²) in [7, 11) is 0. The Hall–Kier alpha value is -1.92. The molecule has 0 heterocycles. The third-order valence-corrected chi connectivity index (χ3v) is 1.92. The van der Waals surface area contributed by atoms with Crippen LogP contribution < -0.4 is 15.8 Å². The number of alkyl halides is 3. The third-order valence-electron chi connectivity index (χ3n) is 1.92. The Balaban J connectivity index is 2.89. The minimum atomic E-state index is -4.81. The molecule has 0 saturated heterocycles. The van der Waals surface area contributed by atoms with Crippen LogP contribution in [0.15, 0.2) is 18.2 Å². The summed E-state index contributed by atoms with van der Waals surface area (Å²) in [6.07, 6.45) is -4.81. The second kappa shape index (κ2) is 5.16. The standard InChI is InChI=1S/C11H13F3N2O2/c1-6(2)16-10(17)7-3-4-9(8(15)5-7)18-11(12,13)14/h3-6H,15H2,1-2H3,(H,16,17). The predicted molar refractivity (Wildman–Crippen MR) is 60.1 cm³/mol. The maximum atomic E-state index is 12.0. The topological polar surface area (TPSA) is 64.3 Å². The lowest BCUT2D eigenvalue weighted by Crippen LogP contribution is -2.30. The number of carbonyl (C=O) groups excluding carboxylic acids is 1. The molecule has 18 heavy (non-hydrogen) atoms. The van der Waals surface area contributed by atoms with Crippen LogP contribution in [-0.4, -0.2) is 18.3 Å². The number of anilines is 1. The summed E-state index contributed by atoms with van der Waals surface area (Å²) in [6.45, 7) is 3.53. The Bertz CT molecular complexity index is 444. The van der Waals surface area contributed by atoms with E-state index in [9.17, 15) is 18.0 Å². The first-order valence-electron chi connectivity index (χ1n) is 5.15. The van der Waals surface area contributed by atoms with Crippen molar-refractivity contribution in [1.29, 1.82) is 0 Å². The van der Waals surface area contributed by atoms with Crippen molar-refractivity contribution in [1.82, 2.24) is 5.32 Å². The highest BCUT2D eigenvalue weighted by Crippen LogP contribution is 2.28. The Kier molecular flexibility index (Phi) is 4.05. The smallest absolute Gasteiger partial charge is 0.404 e. The van der Waals surface area contributed by atoms with E-state index in [-0.39, 0.29) is 17.3 Å². The summed E-state index contributed by atoms with van der Waals surface area (Å²) in [5.41, 5.74) is 5.32. The molecule has 1 rings (SSSR count). The van der Waals surface area contributed by atoms with Crippen molar-refractivity contribution in [2.75, 3.05) is 5.73 Å². The molecule has 0 radical (unpaired) electrons. The predicted octanol–water partition coefficient (Wildman–Crippen LogP) is 2.31. The van der Waals surface area contributed by atoms with Gasteiger partial charge in [-0.2, -0.15) is 0 Å². The number of rotatable bonds is 3. The summed E-state index contributed by atoms with van der Waals surface area (Å²) >= 11 is 0. The van der Waals surface area contributed by atoms with Gasteiger partial charge in [-0.25, -0.2) is 0 Å². The van der Waals surface area contributed by atoms with Gasteiger partial charge in [0.25, 0.3) is 5.91 Å². The van der Waals surface area contributed by atoms with Gasteiger partial charge in [0.2, 0.25) is 0 Å². The first-order valence-corrected chi connectivity index (χ1v) is 5.15. The van der Waals surface area contributed by atoms with Crippen molar-refractivity contribution in [2.45, 2.75) is 26.3 Å². The SMILES string of the molecule is CC(C)NC(=O)c1ccc(OC(F)(F)F)c(N)c1. The molecule has 0 aromatic heterocycles. The number of amides is 1. The Morgan fingerprint density at radius 1 is 1.39 bits per heavy atom. The van der Waals surface area contributed by atoms with E-state index < -0.39 is 18.0 Å². The van der Waals surface area contributed by atoms with Crippen LogP contribution in [-0.2, 0) is 0 Å². The summed E-state index contributed by atoms with van der Waals surface area (Å²) in [4.78, 5) is 11.6. The number of ether oxygens (including phenoxy) is 1. The normalized spacial score (nSPS) is 11.4. The van der Waals surface area contributed by atoms with Crippen molar-refractivity contribution in [3.8, 4) is 5.75 Å². The van der Waals surface area contributed by atoms with Gasteiger partial charge in [-0.05, 0) is 32.0 Å².